The number of hydrogen-bond acceptors (Lipinski definition) is 3. The third-order valence-corrected chi connectivity index (χ3v) is 4.81. The van der Waals surface area contributed by atoms with E-state index < -0.39 is 0 Å². The summed E-state index contributed by atoms with van der Waals surface area (Å²) in [6.07, 6.45) is 4.84. The predicted molar refractivity (Wildman–Crippen MR) is 75.9 cm³/mol. The van der Waals surface area contributed by atoms with Crippen molar-refractivity contribution in [1.29, 1.82) is 0 Å². The molecular weight excluding hydrogens is 256 g/mol. The summed E-state index contributed by atoms with van der Waals surface area (Å²) < 4.78 is 0. The maximum absolute atomic E-state index is 12.1. The smallest absolute Gasteiger partial charge is 0.225 e. The van der Waals surface area contributed by atoms with Gasteiger partial charge >= 0.3 is 0 Å². The molecule has 1 saturated carbocycles. The highest BCUT2D eigenvalue weighted by atomic mass is 16.3. The van der Waals surface area contributed by atoms with Crippen molar-refractivity contribution in [2.45, 2.75) is 39.0 Å². The lowest BCUT2D eigenvalue weighted by molar-refractivity contribution is -0.129. The Morgan fingerprint density at radius 2 is 2.05 bits per heavy atom. The second-order valence-electron chi connectivity index (χ2n) is 6.07. The summed E-state index contributed by atoms with van der Waals surface area (Å²) in [6, 6.07) is 0. The molecule has 2 rings (SSSR count). The third kappa shape index (κ3) is 3.51. The topological polar surface area (TPSA) is 69.6 Å². The summed E-state index contributed by atoms with van der Waals surface area (Å²) in [7, 11) is 0. The molecule has 1 aliphatic carbocycles. The van der Waals surface area contributed by atoms with E-state index in [0.29, 0.717) is 37.9 Å². The fraction of sp³-hybridized carbons (Fsp3) is 0.867. The average molecular weight is 282 g/mol. The molecule has 2 aliphatic rings. The number of aliphatic hydroxyl groups excluding tert-OH is 1. The molecule has 1 saturated heterocycles. The molecule has 2 amide bonds. The molecule has 2 fully saturated rings. The molecule has 5 heteroatoms. The van der Waals surface area contributed by atoms with Gasteiger partial charge in [-0.15, -0.1) is 0 Å². The highest BCUT2D eigenvalue weighted by Gasteiger charge is 2.34. The number of amides is 2. The molecular formula is C15H26N2O3. The molecule has 20 heavy (non-hydrogen) atoms. The lowest BCUT2D eigenvalue weighted by atomic mass is 9.79. The number of rotatable bonds is 5. The Morgan fingerprint density at radius 3 is 2.65 bits per heavy atom. The summed E-state index contributed by atoms with van der Waals surface area (Å²) in [4.78, 5) is 25.5. The van der Waals surface area contributed by atoms with Crippen molar-refractivity contribution in [1.82, 2.24) is 10.2 Å². The Kier molecular flexibility index (Phi) is 5.40. The lowest BCUT2D eigenvalue weighted by Gasteiger charge is -2.30. The van der Waals surface area contributed by atoms with Gasteiger partial charge in [0.15, 0.2) is 0 Å². The van der Waals surface area contributed by atoms with Crippen LogP contribution in [0, 0.1) is 17.8 Å². The van der Waals surface area contributed by atoms with E-state index in [4.69, 9.17) is 0 Å². The maximum Gasteiger partial charge on any atom is 0.225 e. The van der Waals surface area contributed by atoms with Gasteiger partial charge in [0.1, 0.15) is 0 Å². The van der Waals surface area contributed by atoms with Gasteiger partial charge in [0.2, 0.25) is 11.8 Å². The molecule has 114 valence electrons. The first-order chi connectivity index (χ1) is 9.65. The zero-order valence-corrected chi connectivity index (χ0v) is 12.3. The molecule has 1 heterocycles. The van der Waals surface area contributed by atoms with Crippen molar-refractivity contribution in [3.8, 4) is 0 Å². The van der Waals surface area contributed by atoms with Crippen LogP contribution in [0.1, 0.15) is 39.0 Å². The lowest BCUT2D eigenvalue weighted by Crippen LogP contribution is -2.39. The Balaban J connectivity index is 1.79. The van der Waals surface area contributed by atoms with Crippen molar-refractivity contribution >= 4 is 11.8 Å². The summed E-state index contributed by atoms with van der Waals surface area (Å²) in [5.41, 5.74) is 0. The summed E-state index contributed by atoms with van der Waals surface area (Å²) in [6.45, 7) is 4.02. The number of nitrogens with one attached hydrogen (secondary N) is 1. The van der Waals surface area contributed by atoms with Crippen molar-refractivity contribution in [2.75, 3.05) is 26.2 Å². The van der Waals surface area contributed by atoms with E-state index in [1.807, 2.05) is 6.92 Å². The number of likely N-dealkylation sites (tertiary alicyclic amines) is 1. The largest absolute Gasteiger partial charge is 0.396 e. The molecule has 0 aromatic rings. The van der Waals surface area contributed by atoms with Gasteiger partial charge < -0.3 is 15.3 Å². The van der Waals surface area contributed by atoms with Crippen molar-refractivity contribution < 1.29 is 14.7 Å². The Morgan fingerprint density at radius 1 is 1.35 bits per heavy atom. The highest BCUT2D eigenvalue weighted by Crippen LogP contribution is 2.29. The van der Waals surface area contributed by atoms with Gasteiger partial charge in [-0.05, 0) is 31.6 Å². The van der Waals surface area contributed by atoms with Gasteiger partial charge in [-0.1, -0.05) is 12.8 Å². The van der Waals surface area contributed by atoms with Crippen molar-refractivity contribution in [3.05, 3.63) is 0 Å². The van der Waals surface area contributed by atoms with Crippen LogP contribution in [0.4, 0.5) is 0 Å². The summed E-state index contributed by atoms with van der Waals surface area (Å²) >= 11 is 0. The first-order valence-electron chi connectivity index (χ1n) is 7.82. The molecule has 1 aliphatic heterocycles. The van der Waals surface area contributed by atoms with Crippen LogP contribution in [-0.4, -0.2) is 48.1 Å². The van der Waals surface area contributed by atoms with Crippen LogP contribution in [0.15, 0.2) is 0 Å². The van der Waals surface area contributed by atoms with Crippen molar-refractivity contribution in [2.24, 2.45) is 17.8 Å². The minimum Gasteiger partial charge on any atom is -0.396 e. The molecule has 0 bridgehead atoms. The monoisotopic (exact) mass is 282 g/mol. The van der Waals surface area contributed by atoms with E-state index in [1.165, 1.54) is 12.8 Å². The first kappa shape index (κ1) is 15.3. The second kappa shape index (κ2) is 7.07. The molecule has 3 unspecified atom stereocenters. The van der Waals surface area contributed by atoms with E-state index in [-0.39, 0.29) is 24.3 Å². The number of nitrogens with zero attached hydrogens (tertiary/aromatic N) is 1. The van der Waals surface area contributed by atoms with Gasteiger partial charge in [0.25, 0.3) is 0 Å². The van der Waals surface area contributed by atoms with E-state index in [9.17, 15) is 14.7 Å². The fourth-order valence-corrected chi connectivity index (χ4v) is 3.42. The van der Waals surface area contributed by atoms with E-state index in [0.717, 1.165) is 12.8 Å². The maximum atomic E-state index is 12.1. The normalized spacial score (nSPS) is 30.6. The van der Waals surface area contributed by atoms with Gasteiger partial charge in [-0.3, -0.25) is 9.59 Å². The number of hydrogen-bond donors (Lipinski definition) is 2. The minimum absolute atomic E-state index is 0.00318. The van der Waals surface area contributed by atoms with Gasteiger partial charge in [0, 0.05) is 32.7 Å². The molecule has 0 aromatic heterocycles. The molecule has 0 radical (unpaired) electrons. The zero-order chi connectivity index (χ0) is 14.5. The van der Waals surface area contributed by atoms with Gasteiger partial charge in [-0.2, -0.15) is 0 Å². The van der Waals surface area contributed by atoms with E-state index in [2.05, 4.69) is 5.32 Å². The summed E-state index contributed by atoms with van der Waals surface area (Å²) in [5, 5.41) is 12.4. The van der Waals surface area contributed by atoms with Crippen LogP contribution >= 0.6 is 0 Å². The van der Waals surface area contributed by atoms with E-state index in [1.54, 1.807) is 4.90 Å². The number of aliphatic hydroxyl groups is 1. The average Bonchev–Trinajstić information content (AvgIpc) is 2.86. The Bertz CT molecular complexity index is 359. The van der Waals surface area contributed by atoms with Crippen LogP contribution < -0.4 is 5.32 Å². The van der Waals surface area contributed by atoms with Crippen LogP contribution in [-0.2, 0) is 9.59 Å². The van der Waals surface area contributed by atoms with Gasteiger partial charge in [0.05, 0.1) is 5.92 Å². The Labute approximate surface area is 120 Å². The van der Waals surface area contributed by atoms with Crippen LogP contribution in [0.2, 0.25) is 0 Å². The molecule has 0 spiro atoms. The third-order valence-electron chi connectivity index (χ3n) is 4.81. The SMILES string of the molecule is CCN1CC(C(=O)NCC2CCCCC2CO)CC1=O. The Hall–Kier alpha value is -1.10. The van der Waals surface area contributed by atoms with Gasteiger partial charge in [-0.25, -0.2) is 0 Å². The predicted octanol–water partition coefficient (Wildman–Crippen LogP) is 0.770. The van der Waals surface area contributed by atoms with Crippen molar-refractivity contribution in [3.63, 3.8) is 0 Å². The van der Waals surface area contributed by atoms with Crippen LogP contribution in [0.25, 0.3) is 0 Å². The number of carbonyl (C=O) groups excluding carboxylic acids is 2. The standard InChI is InChI=1S/C15H26N2O3/c1-2-17-9-13(7-14(17)19)15(20)16-8-11-5-3-4-6-12(11)10-18/h11-13,18H,2-10H2,1H3,(H,16,20). The molecule has 2 N–H and O–H groups in total. The fourth-order valence-electron chi connectivity index (χ4n) is 3.42. The number of carbonyl (C=O) groups is 2. The van der Waals surface area contributed by atoms with Crippen LogP contribution in [0.5, 0.6) is 0 Å². The minimum atomic E-state index is -0.196. The van der Waals surface area contributed by atoms with E-state index >= 15 is 0 Å². The first-order valence-corrected chi connectivity index (χ1v) is 7.82. The van der Waals surface area contributed by atoms with Crippen LogP contribution in [0.3, 0.4) is 0 Å². The highest BCUT2D eigenvalue weighted by molar-refractivity contribution is 5.89. The molecule has 5 nitrogen and oxygen atoms in total. The molecule has 3 atom stereocenters. The zero-order valence-electron chi connectivity index (χ0n) is 12.3. The quantitative estimate of drug-likeness (QED) is 0.782. The second-order valence-corrected chi connectivity index (χ2v) is 6.07. The molecule has 0 aromatic carbocycles. The summed E-state index contributed by atoms with van der Waals surface area (Å²) in [5.74, 6) is 0.590.